The lowest BCUT2D eigenvalue weighted by Gasteiger charge is -2.48. The van der Waals surface area contributed by atoms with Gasteiger partial charge in [0.25, 0.3) is 0 Å². The van der Waals surface area contributed by atoms with E-state index in [2.05, 4.69) is 39.5 Å². The number of likely N-dealkylation sites (tertiary alicyclic amines) is 2. The zero-order valence-electron chi connectivity index (χ0n) is 29.7. The highest BCUT2D eigenvalue weighted by molar-refractivity contribution is 6.32. The SMILES string of the molecule is CCOc1cc(C(C)(C)C)c(Cl)cc1C1=N[C@@](C)(c2ccc(Cl)cc2)[C@@](C)(c2ccc(Cl)cc2)N1C(=O)N1CCC(N2CCCCC2)CC1. The molecule has 2 fully saturated rings. The molecule has 9 heteroatoms. The fourth-order valence-electron chi connectivity index (χ4n) is 7.99. The minimum Gasteiger partial charge on any atom is -0.493 e. The van der Waals surface area contributed by atoms with Crippen LogP contribution < -0.4 is 4.74 Å². The zero-order chi connectivity index (χ0) is 35.1. The van der Waals surface area contributed by atoms with Gasteiger partial charge in [-0.3, -0.25) is 9.89 Å². The summed E-state index contributed by atoms with van der Waals surface area (Å²) in [5.74, 6) is 1.18. The summed E-state index contributed by atoms with van der Waals surface area (Å²) in [7, 11) is 0. The molecular weight excluding hydrogens is 675 g/mol. The third-order valence-electron chi connectivity index (χ3n) is 11.0. The lowest BCUT2D eigenvalue weighted by atomic mass is 9.71. The van der Waals surface area contributed by atoms with E-state index in [9.17, 15) is 0 Å². The zero-order valence-corrected chi connectivity index (χ0v) is 31.9. The van der Waals surface area contributed by atoms with Crippen LogP contribution in [0, 0.1) is 0 Å². The topological polar surface area (TPSA) is 48.4 Å². The van der Waals surface area contributed by atoms with Crippen molar-refractivity contribution in [3.8, 4) is 5.75 Å². The van der Waals surface area contributed by atoms with Crippen LogP contribution in [-0.2, 0) is 16.5 Å². The number of nitrogens with zero attached hydrogens (tertiary/aromatic N) is 4. The van der Waals surface area contributed by atoms with E-state index in [4.69, 9.17) is 44.5 Å². The number of amides is 2. The molecular formula is C40H49Cl3N4O2. The van der Waals surface area contributed by atoms with Crippen LogP contribution in [0.15, 0.2) is 65.7 Å². The first kappa shape index (κ1) is 36.0. The van der Waals surface area contributed by atoms with Crippen molar-refractivity contribution in [1.82, 2.24) is 14.7 Å². The number of benzene rings is 3. The maximum Gasteiger partial charge on any atom is 0.326 e. The normalized spacial score (nSPS) is 23.9. The Morgan fingerprint density at radius 1 is 0.857 bits per heavy atom. The molecule has 3 aromatic rings. The van der Waals surface area contributed by atoms with Crippen molar-refractivity contribution in [2.24, 2.45) is 4.99 Å². The Hall–Kier alpha value is -2.77. The molecule has 3 aliphatic rings. The van der Waals surface area contributed by atoms with Gasteiger partial charge in [0.15, 0.2) is 0 Å². The predicted octanol–water partition coefficient (Wildman–Crippen LogP) is 10.3. The maximum atomic E-state index is 15.3. The predicted molar refractivity (Wildman–Crippen MR) is 203 cm³/mol. The van der Waals surface area contributed by atoms with Gasteiger partial charge in [0.2, 0.25) is 0 Å². The van der Waals surface area contributed by atoms with Crippen LogP contribution in [-0.4, -0.2) is 65.4 Å². The monoisotopic (exact) mass is 722 g/mol. The molecule has 3 aromatic carbocycles. The standard InChI is InChI=1S/C40H49Cl3N4O2/c1-7-49-35-26-33(38(2,3)4)34(43)25-32(35)36-44-39(5,27-11-15-29(41)16-12-27)40(6,28-13-17-30(42)18-14-28)47(36)37(48)46-23-19-31(20-24-46)45-21-9-8-10-22-45/h11-18,25-26,31H,7-10,19-24H2,1-6H3/t39-,40+/m0/s1. The van der Waals surface area contributed by atoms with E-state index in [0.717, 1.165) is 42.6 Å². The van der Waals surface area contributed by atoms with Crippen molar-refractivity contribution in [1.29, 1.82) is 0 Å². The van der Waals surface area contributed by atoms with Crippen LogP contribution in [0.1, 0.15) is 95.9 Å². The molecule has 6 nitrogen and oxygen atoms in total. The van der Waals surface area contributed by atoms with Gasteiger partial charge >= 0.3 is 6.03 Å². The minimum atomic E-state index is -0.972. The number of carbonyl (C=O) groups is 1. The number of urea groups is 1. The van der Waals surface area contributed by atoms with E-state index in [1.807, 2.05) is 77.4 Å². The number of carbonyl (C=O) groups excluding carboxylic acids is 1. The van der Waals surface area contributed by atoms with Crippen LogP contribution in [0.3, 0.4) is 0 Å². The number of hydrogen-bond acceptors (Lipinski definition) is 4. The summed E-state index contributed by atoms with van der Waals surface area (Å²) in [4.78, 5) is 27.5. The summed E-state index contributed by atoms with van der Waals surface area (Å²) in [6.07, 6.45) is 5.73. The van der Waals surface area contributed by atoms with Crippen molar-refractivity contribution in [3.63, 3.8) is 0 Å². The van der Waals surface area contributed by atoms with Gasteiger partial charge in [-0.2, -0.15) is 0 Å². The highest BCUT2D eigenvalue weighted by atomic mass is 35.5. The molecule has 262 valence electrons. The molecule has 3 heterocycles. The highest BCUT2D eigenvalue weighted by Crippen LogP contribution is 2.54. The van der Waals surface area contributed by atoms with Crippen LogP contribution in [0.2, 0.25) is 15.1 Å². The molecule has 0 unspecified atom stereocenters. The summed E-state index contributed by atoms with van der Waals surface area (Å²) in [6, 6.07) is 20.0. The average Bonchev–Trinajstić information content (AvgIpc) is 3.33. The fraction of sp³-hybridized carbons (Fsp3) is 0.500. The molecule has 2 atom stereocenters. The Bertz CT molecular complexity index is 1690. The van der Waals surface area contributed by atoms with Crippen molar-refractivity contribution in [2.45, 2.75) is 96.2 Å². The first-order valence-corrected chi connectivity index (χ1v) is 18.8. The number of piperidine rings is 2. The van der Waals surface area contributed by atoms with E-state index in [1.165, 1.54) is 19.3 Å². The lowest BCUT2D eigenvalue weighted by Crippen LogP contribution is -2.60. The summed E-state index contributed by atoms with van der Waals surface area (Å²) in [6.45, 7) is 16.7. The number of hydrogen-bond donors (Lipinski definition) is 0. The Labute approximate surface area is 307 Å². The lowest BCUT2D eigenvalue weighted by molar-refractivity contribution is 0.0755. The highest BCUT2D eigenvalue weighted by Gasteiger charge is 2.60. The number of rotatable bonds is 6. The van der Waals surface area contributed by atoms with Gasteiger partial charge in [-0.25, -0.2) is 4.79 Å². The minimum absolute atomic E-state index is 0.0792. The molecule has 49 heavy (non-hydrogen) atoms. The first-order valence-electron chi connectivity index (χ1n) is 17.7. The van der Waals surface area contributed by atoms with E-state index < -0.39 is 11.1 Å². The molecule has 0 N–H and O–H groups in total. The van der Waals surface area contributed by atoms with Gasteiger partial charge in [0, 0.05) is 34.2 Å². The summed E-state index contributed by atoms with van der Waals surface area (Å²) < 4.78 is 6.34. The third kappa shape index (κ3) is 6.71. The number of amidine groups is 1. The Morgan fingerprint density at radius 3 is 1.98 bits per heavy atom. The Morgan fingerprint density at radius 2 is 1.43 bits per heavy atom. The molecule has 0 saturated carbocycles. The molecule has 0 radical (unpaired) electrons. The molecule has 2 amide bonds. The average molecular weight is 724 g/mol. The molecule has 3 aliphatic heterocycles. The summed E-state index contributed by atoms with van der Waals surface area (Å²) >= 11 is 19.9. The van der Waals surface area contributed by atoms with E-state index in [-0.39, 0.29) is 11.4 Å². The smallest absolute Gasteiger partial charge is 0.326 e. The maximum absolute atomic E-state index is 15.3. The first-order chi connectivity index (χ1) is 23.3. The van der Waals surface area contributed by atoms with Crippen molar-refractivity contribution in [3.05, 3.63) is 98.0 Å². The molecule has 0 aromatic heterocycles. The second kappa shape index (κ2) is 14.1. The second-order valence-corrected chi connectivity index (χ2v) is 16.3. The largest absolute Gasteiger partial charge is 0.493 e. The molecule has 6 rings (SSSR count). The van der Waals surface area contributed by atoms with Gasteiger partial charge in [-0.05, 0) is 118 Å². The molecule has 2 saturated heterocycles. The Balaban J connectivity index is 1.53. The van der Waals surface area contributed by atoms with Crippen molar-refractivity contribution >= 4 is 46.7 Å². The van der Waals surface area contributed by atoms with E-state index in [0.29, 0.717) is 58.0 Å². The van der Waals surface area contributed by atoms with Crippen LogP contribution in [0.5, 0.6) is 5.75 Å². The van der Waals surface area contributed by atoms with Gasteiger partial charge < -0.3 is 14.5 Å². The van der Waals surface area contributed by atoms with Crippen LogP contribution in [0.4, 0.5) is 4.79 Å². The fourth-order valence-corrected chi connectivity index (χ4v) is 8.69. The number of aliphatic imine (C=N–C) groups is 1. The van der Waals surface area contributed by atoms with Crippen molar-refractivity contribution in [2.75, 3.05) is 32.8 Å². The van der Waals surface area contributed by atoms with Gasteiger partial charge in [0.05, 0.1) is 12.2 Å². The summed E-state index contributed by atoms with van der Waals surface area (Å²) in [5, 5.41) is 1.87. The van der Waals surface area contributed by atoms with Crippen LogP contribution in [0.25, 0.3) is 0 Å². The van der Waals surface area contributed by atoms with E-state index >= 15 is 4.79 Å². The van der Waals surface area contributed by atoms with Crippen LogP contribution >= 0.6 is 34.8 Å². The van der Waals surface area contributed by atoms with E-state index in [1.54, 1.807) is 0 Å². The number of halogens is 3. The second-order valence-electron chi connectivity index (χ2n) is 15.0. The molecule has 0 aliphatic carbocycles. The molecule has 0 bridgehead atoms. The number of ether oxygens (including phenoxy) is 1. The van der Waals surface area contributed by atoms with Gasteiger partial charge in [-0.15, -0.1) is 0 Å². The quantitative estimate of drug-likeness (QED) is 0.254. The third-order valence-corrected chi connectivity index (χ3v) is 11.8. The van der Waals surface area contributed by atoms with Gasteiger partial charge in [-0.1, -0.05) is 86.3 Å². The Kier molecular flexibility index (Phi) is 10.4. The molecule has 0 spiro atoms. The summed E-state index contributed by atoms with van der Waals surface area (Å²) in [5.41, 5.74) is 1.39. The van der Waals surface area contributed by atoms with Crippen molar-refractivity contribution < 1.29 is 9.53 Å². The van der Waals surface area contributed by atoms with Gasteiger partial charge in [0.1, 0.15) is 22.7 Å².